The third-order valence-corrected chi connectivity index (χ3v) is 3.57. The zero-order valence-electron chi connectivity index (χ0n) is 10.6. The van der Waals surface area contributed by atoms with E-state index < -0.39 is 6.03 Å². The van der Waals surface area contributed by atoms with Crippen molar-refractivity contribution in [3.63, 3.8) is 0 Å². The Kier molecular flexibility index (Phi) is 5.13. The Morgan fingerprint density at radius 1 is 0.773 bits per heavy atom. The van der Waals surface area contributed by atoms with Gasteiger partial charge >= 0.3 is 6.03 Å². The van der Waals surface area contributed by atoms with Crippen molar-refractivity contribution in [1.29, 1.82) is 0 Å². The molecule has 0 spiro atoms. The number of nitrogens with one attached hydrogen (secondary N) is 2. The molecule has 9 heteroatoms. The van der Waals surface area contributed by atoms with Crippen LogP contribution < -0.4 is 10.6 Å². The number of amides is 2. The molecular weight excluding hydrogens is 374 g/mol. The molecule has 0 aliphatic heterocycles. The Hall–Kier alpha value is -1.53. The van der Waals surface area contributed by atoms with E-state index in [0.29, 0.717) is 0 Å². The molecule has 22 heavy (non-hydrogen) atoms. The molecule has 5 nitrogen and oxygen atoms in total. The number of urea groups is 1. The third kappa shape index (κ3) is 3.81. The van der Waals surface area contributed by atoms with Gasteiger partial charge in [0.2, 0.25) is 0 Å². The molecule has 116 valence electrons. The maximum absolute atomic E-state index is 11.9. The normalized spacial score (nSPS) is 10.4. The highest BCUT2D eigenvalue weighted by Crippen LogP contribution is 2.37. The van der Waals surface area contributed by atoms with Crippen LogP contribution in [0.2, 0.25) is 20.1 Å². The van der Waals surface area contributed by atoms with Crippen molar-refractivity contribution in [3.8, 4) is 11.5 Å². The largest absolute Gasteiger partial charge is 0.504 e. The molecule has 0 aliphatic rings. The fraction of sp³-hybridized carbons (Fsp3) is 0. The number of hydrogen-bond acceptors (Lipinski definition) is 3. The molecule has 2 aromatic rings. The summed E-state index contributed by atoms with van der Waals surface area (Å²) >= 11 is 23.1. The van der Waals surface area contributed by atoms with E-state index in [-0.39, 0.29) is 43.0 Å². The van der Waals surface area contributed by atoms with Crippen molar-refractivity contribution < 1.29 is 15.0 Å². The zero-order valence-corrected chi connectivity index (χ0v) is 13.6. The lowest BCUT2D eigenvalue weighted by Crippen LogP contribution is -2.19. The van der Waals surface area contributed by atoms with E-state index in [9.17, 15) is 15.0 Å². The van der Waals surface area contributed by atoms with Crippen LogP contribution in [0.4, 0.5) is 16.2 Å². The summed E-state index contributed by atoms with van der Waals surface area (Å²) in [6, 6.07) is 4.51. The molecule has 0 radical (unpaired) electrons. The summed E-state index contributed by atoms with van der Waals surface area (Å²) in [5.41, 5.74) is 0.00484. The van der Waals surface area contributed by atoms with Crippen LogP contribution in [0.25, 0.3) is 0 Å². The van der Waals surface area contributed by atoms with Gasteiger partial charge < -0.3 is 20.8 Å². The summed E-state index contributed by atoms with van der Waals surface area (Å²) in [6.07, 6.45) is 0. The number of rotatable bonds is 2. The van der Waals surface area contributed by atoms with Gasteiger partial charge in [-0.3, -0.25) is 0 Å². The van der Waals surface area contributed by atoms with Gasteiger partial charge in [-0.25, -0.2) is 4.79 Å². The first kappa shape index (κ1) is 16.8. The van der Waals surface area contributed by atoms with E-state index in [4.69, 9.17) is 46.4 Å². The number of hydrogen-bond donors (Lipinski definition) is 4. The van der Waals surface area contributed by atoms with Crippen LogP contribution in [-0.2, 0) is 0 Å². The van der Waals surface area contributed by atoms with Gasteiger partial charge in [0, 0.05) is 10.0 Å². The van der Waals surface area contributed by atoms with Crippen LogP contribution in [0.15, 0.2) is 24.3 Å². The first-order valence-electron chi connectivity index (χ1n) is 5.72. The van der Waals surface area contributed by atoms with Gasteiger partial charge in [-0.05, 0) is 24.3 Å². The third-order valence-electron chi connectivity index (χ3n) is 2.55. The van der Waals surface area contributed by atoms with E-state index in [0.717, 1.165) is 0 Å². The molecule has 0 fully saturated rings. The number of anilines is 2. The number of benzene rings is 2. The molecule has 0 atom stereocenters. The van der Waals surface area contributed by atoms with E-state index in [1.807, 2.05) is 0 Å². The number of phenolic OH excluding ortho intramolecular Hbond substituents is 2. The number of phenols is 2. The smallest absolute Gasteiger partial charge is 0.323 e. The SMILES string of the molecule is O=C(Nc1cc(Cl)cc(Cl)c1O)Nc1cc(Cl)cc(Cl)c1O. The second-order valence-electron chi connectivity index (χ2n) is 4.15. The average molecular weight is 382 g/mol. The van der Waals surface area contributed by atoms with Gasteiger partial charge in [-0.1, -0.05) is 46.4 Å². The summed E-state index contributed by atoms with van der Waals surface area (Å²) in [6.45, 7) is 0. The Labute approximate surface area is 145 Å². The number of carbonyl (C=O) groups is 1. The van der Waals surface area contributed by atoms with Gasteiger partial charge in [0.25, 0.3) is 0 Å². The molecule has 0 saturated carbocycles. The zero-order chi connectivity index (χ0) is 16.4. The molecule has 2 rings (SSSR count). The van der Waals surface area contributed by atoms with E-state index in [1.54, 1.807) is 0 Å². The van der Waals surface area contributed by atoms with Crippen LogP contribution in [0.3, 0.4) is 0 Å². The topological polar surface area (TPSA) is 81.6 Å². The summed E-state index contributed by atoms with van der Waals surface area (Å²) in [4.78, 5) is 11.9. The Bertz CT molecular complexity index is 691. The predicted molar refractivity (Wildman–Crippen MR) is 88.9 cm³/mol. The maximum atomic E-state index is 11.9. The predicted octanol–water partition coefficient (Wildman–Crippen LogP) is 5.36. The van der Waals surface area contributed by atoms with Crippen molar-refractivity contribution in [2.45, 2.75) is 0 Å². The molecule has 2 amide bonds. The van der Waals surface area contributed by atoms with Crippen LogP contribution in [0.1, 0.15) is 0 Å². The van der Waals surface area contributed by atoms with E-state index >= 15 is 0 Å². The van der Waals surface area contributed by atoms with Gasteiger partial charge in [0.05, 0.1) is 21.4 Å². The quantitative estimate of drug-likeness (QED) is 0.529. The van der Waals surface area contributed by atoms with Gasteiger partial charge in [-0.15, -0.1) is 0 Å². The second-order valence-corrected chi connectivity index (χ2v) is 5.83. The molecule has 0 aromatic heterocycles. The fourth-order valence-electron chi connectivity index (χ4n) is 1.60. The summed E-state index contributed by atoms with van der Waals surface area (Å²) in [7, 11) is 0. The fourth-order valence-corrected chi connectivity index (χ4v) is 2.59. The number of aromatic hydroxyl groups is 2. The summed E-state index contributed by atoms with van der Waals surface area (Å²) in [5.74, 6) is -0.677. The lowest BCUT2D eigenvalue weighted by atomic mass is 10.3. The Morgan fingerprint density at radius 2 is 1.14 bits per heavy atom. The maximum Gasteiger partial charge on any atom is 0.323 e. The average Bonchev–Trinajstić information content (AvgIpc) is 2.41. The van der Waals surface area contributed by atoms with Crippen LogP contribution in [0, 0.1) is 0 Å². The minimum atomic E-state index is -0.762. The standard InChI is InChI=1S/C13H8Cl4N2O3/c14-5-1-7(16)11(20)9(3-5)18-13(22)19-10-4-6(15)2-8(17)12(10)21/h1-4,20-21H,(H2,18,19,22). The first-order valence-corrected chi connectivity index (χ1v) is 7.23. The number of halogens is 4. The Balaban J connectivity index is 2.21. The highest BCUT2D eigenvalue weighted by molar-refractivity contribution is 6.37. The van der Waals surface area contributed by atoms with Crippen molar-refractivity contribution in [3.05, 3.63) is 44.4 Å². The lowest BCUT2D eigenvalue weighted by molar-refractivity contribution is 0.262. The van der Waals surface area contributed by atoms with Gasteiger partial charge in [0.15, 0.2) is 11.5 Å². The van der Waals surface area contributed by atoms with Crippen LogP contribution in [-0.4, -0.2) is 16.2 Å². The van der Waals surface area contributed by atoms with Crippen molar-refractivity contribution >= 4 is 63.8 Å². The molecule has 0 unspecified atom stereocenters. The minimum Gasteiger partial charge on any atom is -0.504 e. The summed E-state index contributed by atoms with van der Waals surface area (Å²) in [5, 5.41) is 24.6. The lowest BCUT2D eigenvalue weighted by Gasteiger charge is -2.12. The van der Waals surface area contributed by atoms with E-state index in [2.05, 4.69) is 10.6 Å². The monoisotopic (exact) mass is 380 g/mol. The van der Waals surface area contributed by atoms with Crippen LogP contribution >= 0.6 is 46.4 Å². The highest BCUT2D eigenvalue weighted by atomic mass is 35.5. The van der Waals surface area contributed by atoms with Crippen molar-refractivity contribution in [2.24, 2.45) is 0 Å². The number of carbonyl (C=O) groups excluding carboxylic acids is 1. The Morgan fingerprint density at radius 3 is 1.50 bits per heavy atom. The molecule has 0 saturated heterocycles. The van der Waals surface area contributed by atoms with Gasteiger partial charge in [-0.2, -0.15) is 0 Å². The molecule has 4 N–H and O–H groups in total. The van der Waals surface area contributed by atoms with Crippen molar-refractivity contribution in [1.82, 2.24) is 0 Å². The summed E-state index contributed by atoms with van der Waals surface area (Å²) < 4.78 is 0. The molecule has 0 bridgehead atoms. The van der Waals surface area contributed by atoms with Crippen molar-refractivity contribution in [2.75, 3.05) is 10.6 Å². The molecule has 0 aliphatic carbocycles. The molecular formula is C13H8Cl4N2O3. The minimum absolute atomic E-state index is 0.00242. The molecule has 2 aromatic carbocycles. The van der Waals surface area contributed by atoms with Crippen LogP contribution in [0.5, 0.6) is 11.5 Å². The van der Waals surface area contributed by atoms with E-state index in [1.165, 1.54) is 24.3 Å². The molecule has 0 heterocycles. The first-order chi connectivity index (χ1) is 10.3. The van der Waals surface area contributed by atoms with Gasteiger partial charge in [0.1, 0.15) is 0 Å². The highest BCUT2D eigenvalue weighted by Gasteiger charge is 2.14. The second kappa shape index (κ2) is 6.71.